The molecular weight excluding hydrogens is 324 g/mol. The molecule has 1 fully saturated rings. The average Bonchev–Trinajstić information content (AvgIpc) is 2.45. The van der Waals surface area contributed by atoms with Gasteiger partial charge in [0.25, 0.3) is 0 Å². The Morgan fingerprint density at radius 3 is 2.76 bits per heavy atom. The monoisotopic (exact) mass is 352 g/mol. The highest BCUT2D eigenvalue weighted by molar-refractivity contribution is 9.10. The van der Waals surface area contributed by atoms with Crippen molar-refractivity contribution in [2.45, 2.75) is 59.0 Å². The Bertz CT molecular complexity index is 461. The number of nitrogens with one attached hydrogen (secondary N) is 1. The fourth-order valence-corrected chi connectivity index (χ4v) is 3.89. The molecule has 0 spiro atoms. The van der Waals surface area contributed by atoms with E-state index in [0.29, 0.717) is 12.1 Å². The molecule has 1 aliphatic rings. The van der Waals surface area contributed by atoms with Gasteiger partial charge in [0.15, 0.2) is 0 Å². The summed E-state index contributed by atoms with van der Waals surface area (Å²) in [6.45, 7) is 11.4. The molecule has 1 heterocycles. The number of benzene rings is 1. The van der Waals surface area contributed by atoms with Crippen LogP contribution in [0.3, 0.4) is 0 Å². The number of anilines is 1. The van der Waals surface area contributed by atoms with Gasteiger partial charge in [-0.05, 0) is 79.2 Å². The summed E-state index contributed by atoms with van der Waals surface area (Å²) in [6, 6.07) is 7.89. The second-order valence-electron chi connectivity index (χ2n) is 6.56. The number of halogens is 1. The van der Waals surface area contributed by atoms with Crippen molar-refractivity contribution >= 4 is 21.6 Å². The second kappa shape index (κ2) is 7.64. The molecule has 2 rings (SSSR count). The van der Waals surface area contributed by atoms with Crippen LogP contribution in [0.15, 0.2) is 22.7 Å². The first-order valence-electron chi connectivity index (χ1n) is 8.32. The molecule has 0 amide bonds. The van der Waals surface area contributed by atoms with Crippen LogP contribution in [0.1, 0.15) is 58.6 Å². The van der Waals surface area contributed by atoms with E-state index in [9.17, 15) is 0 Å². The van der Waals surface area contributed by atoms with Gasteiger partial charge < -0.3 is 10.2 Å². The molecular formula is C18H29BrN2. The first-order chi connectivity index (χ1) is 10.0. The van der Waals surface area contributed by atoms with E-state index in [-0.39, 0.29) is 0 Å². The molecule has 1 saturated heterocycles. The Morgan fingerprint density at radius 2 is 2.14 bits per heavy atom. The quantitative estimate of drug-likeness (QED) is 0.789. The smallest absolute Gasteiger partial charge is 0.0513 e. The number of hydrogen-bond donors (Lipinski definition) is 1. The van der Waals surface area contributed by atoms with E-state index in [1.807, 2.05) is 0 Å². The summed E-state index contributed by atoms with van der Waals surface area (Å²) >= 11 is 3.79. The summed E-state index contributed by atoms with van der Waals surface area (Å²) in [6.07, 6.45) is 3.77. The first kappa shape index (κ1) is 16.8. The summed E-state index contributed by atoms with van der Waals surface area (Å²) in [7, 11) is 0. The fraction of sp³-hybridized carbons (Fsp3) is 0.667. The van der Waals surface area contributed by atoms with Gasteiger partial charge in [-0.2, -0.15) is 0 Å². The summed E-state index contributed by atoms with van der Waals surface area (Å²) in [5, 5.41) is 3.55. The van der Waals surface area contributed by atoms with E-state index in [2.05, 4.69) is 72.0 Å². The standard InChI is InChI=1S/C18H29BrN2/c1-5-9-20-15(4)16-6-7-18(17(19)12-16)21-10-8-13(2)11-14(21)3/h6-7,12-15,20H,5,8-11H2,1-4H3. The molecule has 0 saturated carbocycles. The molecule has 1 aliphatic heterocycles. The van der Waals surface area contributed by atoms with E-state index >= 15 is 0 Å². The third kappa shape index (κ3) is 4.23. The Hall–Kier alpha value is -0.540. The molecule has 0 radical (unpaired) electrons. The lowest BCUT2D eigenvalue weighted by Crippen LogP contribution is -2.40. The van der Waals surface area contributed by atoms with Crippen LogP contribution in [0.5, 0.6) is 0 Å². The Balaban J connectivity index is 2.12. The number of hydrogen-bond acceptors (Lipinski definition) is 2. The van der Waals surface area contributed by atoms with E-state index in [4.69, 9.17) is 0 Å². The van der Waals surface area contributed by atoms with Crippen molar-refractivity contribution in [2.75, 3.05) is 18.0 Å². The van der Waals surface area contributed by atoms with E-state index in [1.165, 1.54) is 41.5 Å². The molecule has 0 aromatic heterocycles. The molecule has 118 valence electrons. The molecule has 2 nitrogen and oxygen atoms in total. The van der Waals surface area contributed by atoms with Crippen molar-refractivity contribution in [1.82, 2.24) is 5.32 Å². The van der Waals surface area contributed by atoms with E-state index in [0.717, 1.165) is 12.5 Å². The topological polar surface area (TPSA) is 15.3 Å². The molecule has 0 aliphatic carbocycles. The maximum absolute atomic E-state index is 3.79. The minimum atomic E-state index is 0.411. The maximum Gasteiger partial charge on any atom is 0.0513 e. The number of nitrogens with zero attached hydrogens (tertiary/aromatic N) is 1. The van der Waals surface area contributed by atoms with Gasteiger partial charge in [-0.15, -0.1) is 0 Å². The third-order valence-electron chi connectivity index (χ3n) is 4.62. The van der Waals surface area contributed by atoms with Crippen LogP contribution < -0.4 is 10.2 Å². The Labute approximate surface area is 138 Å². The van der Waals surface area contributed by atoms with Gasteiger partial charge in [0.1, 0.15) is 0 Å². The first-order valence-corrected chi connectivity index (χ1v) is 9.11. The highest BCUT2D eigenvalue weighted by Crippen LogP contribution is 2.34. The van der Waals surface area contributed by atoms with Crippen molar-refractivity contribution < 1.29 is 0 Å². The minimum absolute atomic E-state index is 0.411. The van der Waals surface area contributed by atoms with Crippen LogP contribution in [0.4, 0.5) is 5.69 Å². The second-order valence-corrected chi connectivity index (χ2v) is 7.41. The summed E-state index contributed by atoms with van der Waals surface area (Å²) in [4.78, 5) is 2.55. The van der Waals surface area contributed by atoms with E-state index < -0.39 is 0 Å². The molecule has 1 aromatic carbocycles. The maximum atomic E-state index is 3.79. The van der Waals surface area contributed by atoms with Gasteiger partial charge in [-0.1, -0.05) is 19.9 Å². The zero-order valence-electron chi connectivity index (χ0n) is 13.8. The van der Waals surface area contributed by atoms with Gasteiger partial charge in [-0.25, -0.2) is 0 Å². The Morgan fingerprint density at radius 1 is 1.38 bits per heavy atom. The number of piperidine rings is 1. The zero-order chi connectivity index (χ0) is 15.4. The van der Waals surface area contributed by atoms with Gasteiger partial charge in [0, 0.05) is 23.1 Å². The lowest BCUT2D eigenvalue weighted by Gasteiger charge is -2.39. The summed E-state index contributed by atoms with van der Waals surface area (Å²) in [5.41, 5.74) is 2.71. The van der Waals surface area contributed by atoms with E-state index in [1.54, 1.807) is 0 Å². The van der Waals surface area contributed by atoms with Crippen molar-refractivity contribution in [2.24, 2.45) is 5.92 Å². The zero-order valence-corrected chi connectivity index (χ0v) is 15.4. The molecule has 3 unspecified atom stereocenters. The largest absolute Gasteiger partial charge is 0.368 e. The average molecular weight is 353 g/mol. The molecule has 3 atom stereocenters. The van der Waals surface area contributed by atoms with Crippen LogP contribution in [0.2, 0.25) is 0 Å². The predicted molar refractivity (Wildman–Crippen MR) is 96.1 cm³/mol. The van der Waals surface area contributed by atoms with Crippen LogP contribution in [0.25, 0.3) is 0 Å². The van der Waals surface area contributed by atoms with Gasteiger partial charge in [0.2, 0.25) is 0 Å². The van der Waals surface area contributed by atoms with Crippen molar-refractivity contribution in [3.63, 3.8) is 0 Å². The highest BCUT2D eigenvalue weighted by Gasteiger charge is 2.24. The van der Waals surface area contributed by atoms with Crippen molar-refractivity contribution in [3.8, 4) is 0 Å². The molecule has 0 bridgehead atoms. The van der Waals surface area contributed by atoms with Crippen LogP contribution in [-0.2, 0) is 0 Å². The van der Waals surface area contributed by atoms with Gasteiger partial charge in [0.05, 0.1) is 5.69 Å². The molecule has 1 aromatic rings. The predicted octanol–water partition coefficient (Wildman–Crippen LogP) is 5.13. The lowest BCUT2D eigenvalue weighted by molar-refractivity contribution is 0.377. The summed E-state index contributed by atoms with van der Waals surface area (Å²) in [5.74, 6) is 0.854. The molecule has 21 heavy (non-hydrogen) atoms. The molecule has 3 heteroatoms. The third-order valence-corrected chi connectivity index (χ3v) is 5.26. The minimum Gasteiger partial charge on any atom is -0.368 e. The molecule has 1 N–H and O–H groups in total. The van der Waals surface area contributed by atoms with Crippen molar-refractivity contribution in [3.05, 3.63) is 28.2 Å². The normalized spacial score (nSPS) is 24.1. The highest BCUT2D eigenvalue weighted by atomic mass is 79.9. The van der Waals surface area contributed by atoms with Gasteiger partial charge >= 0.3 is 0 Å². The van der Waals surface area contributed by atoms with Crippen LogP contribution in [-0.4, -0.2) is 19.1 Å². The van der Waals surface area contributed by atoms with Crippen LogP contribution in [0, 0.1) is 5.92 Å². The lowest BCUT2D eigenvalue weighted by atomic mass is 9.93. The summed E-state index contributed by atoms with van der Waals surface area (Å²) < 4.78 is 1.23. The van der Waals surface area contributed by atoms with Gasteiger partial charge in [-0.3, -0.25) is 0 Å². The van der Waals surface area contributed by atoms with Crippen molar-refractivity contribution in [1.29, 1.82) is 0 Å². The Kier molecular flexibility index (Phi) is 6.12. The fourth-order valence-electron chi connectivity index (χ4n) is 3.27. The number of rotatable bonds is 5. The van der Waals surface area contributed by atoms with Crippen LogP contribution >= 0.6 is 15.9 Å². The SMILES string of the molecule is CCCNC(C)c1ccc(N2CCC(C)CC2C)c(Br)c1.